The van der Waals surface area contributed by atoms with E-state index >= 15 is 0 Å². The molecule has 90 valence electrons. The van der Waals surface area contributed by atoms with E-state index in [1.165, 1.54) is 12.3 Å². The summed E-state index contributed by atoms with van der Waals surface area (Å²) in [6.45, 7) is 1.57. The van der Waals surface area contributed by atoms with E-state index in [1.54, 1.807) is 6.92 Å². The fourth-order valence-corrected chi connectivity index (χ4v) is 1.39. The Hall–Kier alpha value is -1.85. The van der Waals surface area contributed by atoms with Gasteiger partial charge in [-0.15, -0.1) is 0 Å². The first-order chi connectivity index (χ1) is 7.88. The summed E-state index contributed by atoms with van der Waals surface area (Å²) in [5.41, 5.74) is -1.18. The van der Waals surface area contributed by atoms with E-state index in [4.69, 9.17) is 4.42 Å². The molecule has 0 aliphatic rings. The van der Waals surface area contributed by atoms with Crippen molar-refractivity contribution in [2.24, 2.45) is 0 Å². The summed E-state index contributed by atoms with van der Waals surface area (Å²) in [5, 5.41) is 0. The lowest BCUT2D eigenvalue weighted by atomic mass is 10.1. The van der Waals surface area contributed by atoms with E-state index in [0.29, 0.717) is 12.0 Å². The van der Waals surface area contributed by atoms with Crippen LogP contribution in [0.5, 0.6) is 0 Å². The molecule has 0 saturated heterocycles. The first-order valence-corrected chi connectivity index (χ1v) is 4.67. The van der Waals surface area contributed by atoms with Gasteiger partial charge in [0.1, 0.15) is 5.82 Å². The van der Waals surface area contributed by atoms with Crippen LogP contribution in [0.25, 0.3) is 11.3 Å². The Bertz CT molecular complexity index is 545. The summed E-state index contributed by atoms with van der Waals surface area (Å²) in [6.07, 6.45) is -3.43. The molecule has 17 heavy (non-hydrogen) atoms. The number of hydrogen-bond acceptors (Lipinski definition) is 2. The third-order valence-electron chi connectivity index (χ3n) is 2.18. The maximum absolute atomic E-state index is 13.0. The molecule has 0 saturated carbocycles. The summed E-state index contributed by atoms with van der Waals surface area (Å²) in [6, 6.07) is 2.68. The molecule has 6 heteroatoms. The van der Waals surface area contributed by atoms with E-state index in [1.807, 2.05) is 0 Å². The van der Waals surface area contributed by atoms with Crippen molar-refractivity contribution in [1.29, 1.82) is 0 Å². The molecular formula is C11H7F4NO. The lowest BCUT2D eigenvalue weighted by Crippen LogP contribution is -2.08. The number of aromatic nitrogens is 1. The maximum atomic E-state index is 13.0. The van der Waals surface area contributed by atoms with Gasteiger partial charge < -0.3 is 4.42 Å². The molecule has 0 aliphatic carbocycles. The Morgan fingerprint density at radius 2 is 1.94 bits per heavy atom. The van der Waals surface area contributed by atoms with Crippen LogP contribution < -0.4 is 0 Å². The molecule has 1 aromatic carbocycles. The van der Waals surface area contributed by atoms with E-state index in [0.717, 1.165) is 6.07 Å². The van der Waals surface area contributed by atoms with E-state index in [-0.39, 0.29) is 11.3 Å². The zero-order chi connectivity index (χ0) is 12.6. The Kier molecular flexibility index (Phi) is 2.65. The SMILES string of the molecule is Cc1ncc(-c2ccc(F)c(C(F)(F)F)c2)o1. The Morgan fingerprint density at radius 1 is 1.24 bits per heavy atom. The Labute approximate surface area is 93.9 Å². The van der Waals surface area contributed by atoms with Gasteiger partial charge >= 0.3 is 6.18 Å². The molecule has 0 bridgehead atoms. The van der Waals surface area contributed by atoms with Gasteiger partial charge in [-0.2, -0.15) is 13.2 Å². The van der Waals surface area contributed by atoms with Crippen LogP contribution in [-0.2, 0) is 6.18 Å². The van der Waals surface area contributed by atoms with Crippen LogP contribution in [0.3, 0.4) is 0 Å². The van der Waals surface area contributed by atoms with Gasteiger partial charge in [-0.3, -0.25) is 0 Å². The van der Waals surface area contributed by atoms with Crippen LogP contribution >= 0.6 is 0 Å². The zero-order valence-electron chi connectivity index (χ0n) is 8.68. The van der Waals surface area contributed by atoms with Gasteiger partial charge in [0.2, 0.25) is 0 Å². The van der Waals surface area contributed by atoms with Gasteiger partial charge in [-0.25, -0.2) is 9.37 Å². The minimum Gasteiger partial charge on any atom is -0.441 e. The molecule has 0 N–H and O–H groups in total. The highest BCUT2D eigenvalue weighted by Crippen LogP contribution is 2.34. The molecule has 1 aromatic heterocycles. The number of rotatable bonds is 1. The summed E-state index contributed by atoms with van der Waals surface area (Å²) < 4.78 is 55.5. The van der Waals surface area contributed by atoms with E-state index in [2.05, 4.69) is 4.98 Å². The number of alkyl halides is 3. The van der Waals surface area contributed by atoms with Crippen molar-refractivity contribution >= 4 is 0 Å². The highest BCUT2D eigenvalue weighted by Gasteiger charge is 2.34. The average molecular weight is 245 g/mol. The van der Waals surface area contributed by atoms with Crippen LogP contribution in [-0.4, -0.2) is 4.98 Å². The number of halogens is 4. The predicted octanol–water partition coefficient (Wildman–Crippen LogP) is 3.81. The Balaban J connectivity index is 2.51. The third-order valence-corrected chi connectivity index (χ3v) is 2.18. The zero-order valence-corrected chi connectivity index (χ0v) is 8.68. The maximum Gasteiger partial charge on any atom is 0.419 e. The fourth-order valence-electron chi connectivity index (χ4n) is 1.39. The summed E-state index contributed by atoms with van der Waals surface area (Å²) in [4.78, 5) is 3.77. The summed E-state index contributed by atoms with van der Waals surface area (Å²) in [7, 11) is 0. The minimum absolute atomic E-state index is 0.138. The molecule has 2 nitrogen and oxygen atoms in total. The second kappa shape index (κ2) is 3.87. The second-order valence-corrected chi connectivity index (χ2v) is 3.44. The van der Waals surface area contributed by atoms with Crippen molar-refractivity contribution < 1.29 is 22.0 Å². The molecule has 1 heterocycles. The summed E-state index contributed by atoms with van der Waals surface area (Å²) >= 11 is 0. The number of benzene rings is 1. The predicted molar refractivity (Wildman–Crippen MR) is 51.6 cm³/mol. The number of nitrogens with zero attached hydrogens (tertiary/aromatic N) is 1. The van der Waals surface area contributed by atoms with Crippen molar-refractivity contribution in [3.05, 3.63) is 41.7 Å². The second-order valence-electron chi connectivity index (χ2n) is 3.44. The molecule has 0 spiro atoms. The van der Waals surface area contributed by atoms with Crippen LogP contribution in [0.2, 0.25) is 0 Å². The smallest absolute Gasteiger partial charge is 0.419 e. The lowest BCUT2D eigenvalue weighted by molar-refractivity contribution is -0.139. The molecule has 0 fully saturated rings. The Morgan fingerprint density at radius 3 is 2.47 bits per heavy atom. The highest BCUT2D eigenvalue weighted by molar-refractivity contribution is 5.57. The minimum atomic E-state index is -4.73. The average Bonchev–Trinajstić information content (AvgIpc) is 2.64. The standard InChI is InChI=1S/C11H7F4NO/c1-6-16-5-10(17-6)7-2-3-9(12)8(4-7)11(13,14)15/h2-5H,1H3. The number of hydrogen-bond donors (Lipinski definition) is 0. The van der Waals surface area contributed by atoms with Crippen molar-refractivity contribution in [2.45, 2.75) is 13.1 Å². The van der Waals surface area contributed by atoms with Gasteiger partial charge in [0.05, 0.1) is 11.8 Å². The van der Waals surface area contributed by atoms with Crippen LogP contribution in [0.1, 0.15) is 11.5 Å². The van der Waals surface area contributed by atoms with Crippen LogP contribution in [0.4, 0.5) is 17.6 Å². The summed E-state index contributed by atoms with van der Waals surface area (Å²) in [5.74, 6) is -0.802. The van der Waals surface area contributed by atoms with Gasteiger partial charge in [-0.05, 0) is 18.2 Å². The van der Waals surface area contributed by atoms with Gasteiger partial charge in [0, 0.05) is 12.5 Å². The van der Waals surface area contributed by atoms with E-state index < -0.39 is 17.6 Å². The number of oxazole rings is 1. The van der Waals surface area contributed by atoms with E-state index in [9.17, 15) is 17.6 Å². The molecular weight excluding hydrogens is 238 g/mol. The highest BCUT2D eigenvalue weighted by atomic mass is 19.4. The van der Waals surface area contributed by atoms with Crippen molar-refractivity contribution in [2.75, 3.05) is 0 Å². The molecule has 2 rings (SSSR count). The molecule has 0 radical (unpaired) electrons. The van der Waals surface area contributed by atoms with Gasteiger partial charge in [0.25, 0.3) is 0 Å². The van der Waals surface area contributed by atoms with Crippen LogP contribution in [0, 0.1) is 12.7 Å². The van der Waals surface area contributed by atoms with Gasteiger partial charge in [-0.1, -0.05) is 0 Å². The molecule has 0 amide bonds. The van der Waals surface area contributed by atoms with Gasteiger partial charge in [0.15, 0.2) is 11.7 Å². The first kappa shape index (κ1) is 11.6. The van der Waals surface area contributed by atoms with Crippen molar-refractivity contribution in [3.8, 4) is 11.3 Å². The first-order valence-electron chi connectivity index (χ1n) is 4.67. The largest absolute Gasteiger partial charge is 0.441 e. The van der Waals surface area contributed by atoms with Crippen molar-refractivity contribution in [3.63, 3.8) is 0 Å². The van der Waals surface area contributed by atoms with Crippen molar-refractivity contribution in [1.82, 2.24) is 4.98 Å². The third kappa shape index (κ3) is 2.30. The van der Waals surface area contributed by atoms with Crippen LogP contribution in [0.15, 0.2) is 28.8 Å². The quantitative estimate of drug-likeness (QED) is 0.714. The molecule has 0 unspecified atom stereocenters. The fraction of sp³-hybridized carbons (Fsp3) is 0.182. The molecule has 2 aromatic rings. The molecule has 0 atom stereocenters. The normalized spacial score (nSPS) is 11.8. The monoisotopic (exact) mass is 245 g/mol. The lowest BCUT2D eigenvalue weighted by Gasteiger charge is -2.08. The number of aryl methyl sites for hydroxylation is 1. The molecule has 0 aliphatic heterocycles. The topological polar surface area (TPSA) is 26.0 Å².